The molecule has 1 aromatic carbocycles. The number of benzene rings is 1. The first-order chi connectivity index (χ1) is 13.1. The quantitative estimate of drug-likeness (QED) is 0.490. The molecule has 8 heteroatoms. The highest BCUT2D eigenvalue weighted by Gasteiger charge is 2.18. The smallest absolute Gasteiger partial charge is 0.231 e. The lowest BCUT2D eigenvalue weighted by Crippen LogP contribution is -2.30. The maximum absolute atomic E-state index is 12.5. The van der Waals surface area contributed by atoms with Crippen molar-refractivity contribution in [3.05, 3.63) is 69.5 Å². The number of nitrogens with one attached hydrogen (secondary N) is 1. The Morgan fingerprint density at radius 1 is 1.37 bits per heavy atom. The summed E-state index contributed by atoms with van der Waals surface area (Å²) < 4.78 is 0. The van der Waals surface area contributed by atoms with Crippen LogP contribution in [0.4, 0.5) is 5.82 Å². The number of rotatable bonds is 6. The Morgan fingerprint density at radius 2 is 2.15 bits per heavy atom. The predicted molar refractivity (Wildman–Crippen MR) is 107 cm³/mol. The van der Waals surface area contributed by atoms with Gasteiger partial charge in [0.05, 0.1) is 18.0 Å². The summed E-state index contributed by atoms with van der Waals surface area (Å²) >= 11 is 2.78. The molecule has 0 saturated carbocycles. The van der Waals surface area contributed by atoms with Crippen LogP contribution in [0.5, 0.6) is 0 Å². The second kappa shape index (κ2) is 8.66. The largest absolute Gasteiger partial charge is 0.382 e. The van der Waals surface area contributed by atoms with E-state index in [0.29, 0.717) is 5.16 Å². The summed E-state index contributed by atoms with van der Waals surface area (Å²) in [7, 11) is 0. The molecule has 0 bridgehead atoms. The van der Waals surface area contributed by atoms with Crippen molar-refractivity contribution in [1.82, 2.24) is 15.3 Å². The highest BCUT2D eigenvalue weighted by molar-refractivity contribution is 7.99. The Morgan fingerprint density at radius 3 is 2.78 bits per heavy atom. The molecule has 0 saturated heterocycles. The van der Waals surface area contributed by atoms with Crippen LogP contribution in [0.2, 0.25) is 0 Å². The van der Waals surface area contributed by atoms with Crippen molar-refractivity contribution < 1.29 is 4.79 Å². The fourth-order valence-corrected chi connectivity index (χ4v) is 3.84. The average molecular weight is 396 g/mol. The molecule has 27 heavy (non-hydrogen) atoms. The molecule has 0 unspecified atom stereocenters. The fourth-order valence-electron chi connectivity index (χ4n) is 2.40. The van der Waals surface area contributed by atoms with Gasteiger partial charge in [0.2, 0.25) is 5.91 Å². The van der Waals surface area contributed by atoms with Crippen LogP contribution in [0.25, 0.3) is 0 Å². The number of hydrogen-bond acceptors (Lipinski definition) is 7. The lowest BCUT2D eigenvalue weighted by molar-refractivity contribution is -0.119. The van der Waals surface area contributed by atoms with Gasteiger partial charge in [-0.25, -0.2) is 9.97 Å². The number of thiophene rings is 1. The maximum atomic E-state index is 12.5. The van der Waals surface area contributed by atoms with Crippen molar-refractivity contribution in [3.63, 3.8) is 0 Å². The fraction of sp³-hybridized carbons (Fsp3) is 0.158. The van der Waals surface area contributed by atoms with E-state index < -0.39 is 0 Å². The van der Waals surface area contributed by atoms with E-state index in [-0.39, 0.29) is 29.1 Å². The molecule has 0 fully saturated rings. The van der Waals surface area contributed by atoms with Crippen molar-refractivity contribution in [2.24, 2.45) is 0 Å². The molecule has 1 atom stereocenters. The first kappa shape index (κ1) is 18.9. The summed E-state index contributed by atoms with van der Waals surface area (Å²) in [6, 6.07) is 13.8. The Kier molecular flexibility index (Phi) is 6.06. The zero-order valence-corrected chi connectivity index (χ0v) is 16.2. The molecule has 3 N–H and O–H groups in total. The van der Waals surface area contributed by atoms with Crippen molar-refractivity contribution >= 4 is 34.8 Å². The number of thioether (sulfide) groups is 1. The van der Waals surface area contributed by atoms with E-state index in [4.69, 9.17) is 11.0 Å². The van der Waals surface area contributed by atoms with Gasteiger partial charge in [-0.15, -0.1) is 11.3 Å². The van der Waals surface area contributed by atoms with E-state index in [1.165, 1.54) is 23.5 Å². The van der Waals surface area contributed by atoms with Crippen LogP contribution in [0.1, 0.15) is 27.6 Å². The molecule has 0 radical (unpaired) electrons. The van der Waals surface area contributed by atoms with Gasteiger partial charge < -0.3 is 11.1 Å². The molecule has 2 heterocycles. The SMILES string of the molecule is Cc1ccc([C@H](NC(=O)CSc2ncc(C#N)c(N)n2)c2cccs2)cc1. The number of amides is 1. The second-order valence-corrected chi connectivity index (χ2v) is 7.70. The molecule has 0 aliphatic heterocycles. The van der Waals surface area contributed by atoms with E-state index >= 15 is 0 Å². The summed E-state index contributed by atoms with van der Waals surface area (Å²) in [5.74, 6) is 0.135. The van der Waals surface area contributed by atoms with Crippen molar-refractivity contribution in [2.75, 3.05) is 11.5 Å². The van der Waals surface area contributed by atoms with Gasteiger partial charge in [0.15, 0.2) is 5.16 Å². The Hall–Kier alpha value is -2.89. The van der Waals surface area contributed by atoms with E-state index in [9.17, 15) is 4.79 Å². The molecule has 136 valence electrons. The van der Waals surface area contributed by atoms with Crippen molar-refractivity contribution in [1.29, 1.82) is 5.26 Å². The molecule has 3 rings (SSSR count). The first-order valence-electron chi connectivity index (χ1n) is 8.11. The van der Waals surface area contributed by atoms with Crippen LogP contribution in [-0.4, -0.2) is 21.6 Å². The van der Waals surface area contributed by atoms with E-state index in [1.54, 1.807) is 11.3 Å². The molecule has 1 amide bonds. The molecular weight excluding hydrogens is 378 g/mol. The normalized spacial score (nSPS) is 11.6. The second-order valence-electron chi connectivity index (χ2n) is 5.78. The number of nitriles is 1. The van der Waals surface area contributed by atoms with Gasteiger partial charge in [0, 0.05) is 4.88 Å². The number of carbonyl (C=O) groups excluding carboxylic acids is 1. The summed E-state index contributed by atoms with van der Waals surface area (Å²) in [6.07, 6.45) is 1.36. The third-order valence-corrected chi connectivity index (χ3v) is 5.59. The van der Waals surface area contributed by atoms with Crippen LogP contribution in [0.3, 0.4) is 0 Å². The summed E-state index contributed by atoms with van der Waals surface area (Å²) in [6.45, 7) is 2.03. The van der Waals surface area contributed by atoms with Crippen LogP contribution >= 0.6 is 23.1 Å². The monoisotopic (exact) mass is 395 g/mol. The Bertz CT molecular complexity index is 965. The van der Waals surface area contributed by atoms with Crippen LogP contribution in [-0.2, 0) is 4.79 Å². The summed E-state index contributed by atoms with van der Waals surface area (Å²) in [4.78, 5) is 21.7. The van der Waals surface area contributed by atoms with Gasteiger partial charge >= 0.3 is 0 Å². The molecular formula is C19H17N5OS2. The maximum Gasteiger partial charge on any atom is 0.231 e. The van der Waals surface area contributed by atoms with Crippen molar-refractivity contribution in [3.8, 4) is 6.07 Å². The lowest BCUT2D eigenvalue weighted by atomic mass is 10.0. The predicted octanol–water partition coefficient (Wildman–Crippen LogP) is 3.30. The van der Waals surface area contributed by atoms with Crippen molar-refractivity contribution in [2.45, 2.75) is 18.1 Å². The molecule has 0 aliphatic carbocycles. The zero-order valence-electron chi connectivity index (χ0n) is 14.5. The number of aryl methyl sites for hydroxylation is 1. The van der Waals surface area contributed by atoms with Gasteiger partial charge in [-0.2, -0.15) is 5.26 Å². The van der Waals surface area contributed by atoms with Gasteiger partial charge in [-0.1, -0.05) is 47.7 Å². The van der Waals surface area contributed by atoms with Gasteiger partial charge in [-0.05, 0) is 23.9 Å². The lowest BCUT2D eigenvalue weighted by Gasteiger charge is -2.18. The van der Waals surface area contributed by atoms with E-state index in [2.05, 4.69) is 15.3 Å². The van der Waals surface area contributed by atoms with Gasteiger partial charge in [0.1, 0.15) is 17.5 Å². The number of nitrogen functional groups attached to an aromatic ring is 1. The number of nitrogens with two attached hydrogens (primary N) is 1. The number of anilines is 1. The summed E-state index contributed by atoms with van der Waals surface area (Å²) in [5.41, 5.74) is 8.10. The number of nitrogens with zero attached hydrogens (tertiary/aromatic N) is 3. The molecule has 6 nitrogen and oxygen atoms in total. The average Bonchev–Trinajstić information content (AvgIpc) is 3.20. The molecule has 0 spiro atoms. The standard InChI is InChI=1S/C19H17N5OS2/c1-12-4-6-13(7-5-12)17(15-3-2-8-26-15)23-16(25)11-27-19-22-10-14(9-20)18(21)24-19/h2-8,10,17H,11H2,1H3,(H,23,25)(H2,21,22,24)/t17-/m0/s1. The first-order valence-corrected chi connectivity index (χ1v) is 9.98. The number of hydrogen-bond donors (Lipinski definition) is 2. The Balaban J connectivity index is 1.69. The number of aromatic nitrogens is 2. The summed E-state index contributed by atoms with van der Waals surface area (Å²) in [5, 5.41) is 14.3. The van der Waals surface area contributed by atoms with E-state index in [1.807, 2.05) is 54.8 Å². The van der Waals surface area contributed by atoms with Gasteiger partial charge in [-0.3, -0.25) is 4.79 Å². The minimum atomic E-state index is -0.203. The minimum absolute atomic E-state index is 0.117. The number of carbonyl (C=O) groups is 1. The molecule has 0 aliphatic rings. The van der Waals surface area contributed by atoms with Crippen LogP contribution in [0.15, 0.2) is 53.1 Å². The molecule has 2 aromatic heterocycles. The third-order valence-electron chi connectivity index (χ3n) is 3.79. The van der Waals surface area contributed by atoms with Crippen LogP contribution in [0, 0.1) is 18.3 Å². The highest BCUT2D eigenvalue weighted by Crippen LogP contribution is 2.26. The van der Waals surface area contributed by atoms with Gasteiger partial charge in [0.25, 0.3) is 0 Å². The minimum Gasteiger partial charge on any atom is -0.382 e. The van der Waals surface area contributed by atoms with Crippen LogP contribution < -0.4 is 11.1 Å². The molecule has 3 aromatic rings. The third kappa shape index (κ3) is 4.84. The Labute approximate surface area is 165 Å². The zero-order chi connectivity index (χ0) is 19.2. The highest BCUT2D eigenvalue weighted by atomic mass is 32.2. The topological polar surface area (TPSA) is 105 Å². The van der Waals surface area contributed by atoms with E-state index in [0.717, 1.165) is 10.4 Å².